The summed E-state index contributed by atoms with van der Waals surface area (Å²) in [5, 5.41) is 12.9. The van der Waals surface area contributed by atoms with Crippen LogP contribution in [0.1, 0.15) is 12.0 Å². The first-order valence-electron chi connectivity index (χ1n) is 10.8. The molecule has 8 nitrogen and oxygen atoms in total. The van der Waals surface area contributed by atoms with Gasteiger partial charge >= 0.3 is 0 Å². The van der Waals surface area contributed by atoms with Gasteiger partial charge < -0.3 is 15.0 Å². The van der Waals surface area contributed by atoms with Crippen molar-refractivity contribution in [2.45, 2.75) is 13.0 Å². The van der Waals surface area contributed by atoms with Gasteiger partial charge in [0.1, 0.15) is 18.1 Å². The van der Waals surface area contributed by atoms with Gasteiger partial charge in [0.25, 0.3) is 0 Å². The molecule has 0 atom stereocenters. The number of ether oxygens (including phenoxy) is 1. The Balaban J connectivity index is 1.21. The summed E-state index contributed by atoms with van der Waals surface area (Å²) in [6.07, 6.45) is 8.00. The number of nitrogens with zero attached hydrogens (tertiary/aromatic N) is 5. The van der Waals surface area contributed by atoms with Crippen molar-refractivity contribution in [3.8, 4) is 17.0 Å². The Bertz CT molecular complexity index is 1290. The molecule has 0 aliphatic carbocycles. The number of halogens is 2. The Kier molecular flexibility index (Phi) is 5.09. The van der Waals surface area contributed by atoms with E-state index in [1.165, 1.54) is 6.42 Å². The zero-order valence-electron chi connectivity index (χ0n) is 17.7. The monoisotopic (exact) mass is 481 g/mol. The maximum absolute atomic E-state index is 6.20. The largest absolute Gasteiger partial charge is 0.489 e. The zero-order chi connectivity index (χ0) is 22.4. The summed E-state index contributed by atoms with van der Waals surface area (Å²) in [5.41, 5.74) is 3.63. The van der Waals surface area contributed by atoms with E-state index in [1.54, 1.807) is 12.4 Å². The fraction of sp³-hybridized carbons (Fsp3) is 0.304. The fourth-order valence-corrected chi connectivity index (χ4v) is 5.09. The first-order chi connectivity index (χ1) is 16.1. The Hall–Kier alpha value is -2.94. The predicted molar refractivity (Wildman–Crippen MR) is 128 cm³/mol. The number of rotatable bonds is 5. The third-order valence-corrected chi connectivity index (χ3v) is 7.10. The third-order valence-electron chi connectivity index (χ3n) is 6.45. The molecule has 0 amide bonds. The predicted octanol–water partition coefficient (Wildman–Crippen LogP) is 4.10. The van der Waals surface area contributed by atoms with E-state index in [0.29, 0.717) is 26.8 Å². The van der Waals surface area contributed by atoms with Crippen LogP contribution in [0.25, 0.3) is 22.2 Å². The van der Waals surface area contributed by atoms with Crippen molar-refractivity contribution in [1.29, 1.82) is 0 Å². The second-order valence-electron chi connectivity index (χ2n) is 8.70. The van der Waals surface area contributed by atoms with Crippen LogP contribution >= 0.6 is 23.2 Å². The van der Waals surface area contributed by atoms with E-state index in [4.69, 9.17) is 27.9 Å². The van der Waals surface area contributed by atoms with Crippen LogP contribution in [-0.4, -0.2) is 51.3 Å². The molecule has 2 aliphatic rings. The Labute approximate surface area is 200 Å². The number of pyridine rings is 1. The van der Waals surface area contributed by atoms with Crippen LogP contribution < -0.4 is 15.0 Å². The Morgan fingerprint density at radius 3 is 2.58 bits per heavy atom. The quantitative estimate of drug-likeness (QED) is 0.443. The van der Waals surface area contributed by atoms with E-state index in [1.807, 2.05) is 30.6 Å². The molecule has 33 heavy (non-hydrogen) atoms. The summed E-state index contributed by atoms with van der Waals surface area (Å²) in [6, 6.07) is 5.75. The number of benzene rings is 1. The number of anilines is 1. The summed E-state index contributed by atoms with van der Waals surface area (Å²) in [7, 11) is 0. The maximum atomic E-state index is 6.20. The summed E-state index contributed by atoms with van der Waals surface area (Å²) in [4.78, 5) is 15.4. The minimum Gasteiger partial charge on any atom is -0.489 e. The molecule has 0 saturated carbocycles. The highest BCUT2D eigenvalue weighted by Crippen LogP contribution is 2.38. The average molecular weight is 482 g/mol. The van der Waals surface area contributed by atoms with Crippen LogP contribution in [-0.2, 0) is 6.61 Å². The molecule has 10 heteroatoms. The lowest BCUT2D eigenvalue weighted by atomic mass is 9.79. The van der Waals surface area contributed by atoms with Gasteiger partial charge in [0.05, 0.1) is 15.6 Å². The lowest BCUT2D eigenvalue weighted by Gasteiger charge is -2.47. The van der Waals surface area contributed by atoms with Gasteiger partial charge in [0.2, 0.25) is 5.95 Å². The van der Waals surface area contributed by atoms with E-state index in [9.17, 15) is 0 Å². The number of aromatic amines is 1. The zero-order valence-corrected chi connectivity index (χ0v) is 19.2. The molecule has 0 radical (unpaired) electrons. The van der Waals surface area contributed by atoms with Gasteiger partial charge in [-0.3, -0.25) is 10.1 Å². The van der Waals surface area contributed by atoms with Gasteiger partial charge in [-0.1, -0.05) is 23.2 Å². The van der Waals surface area contributed by atoms with E-state index >= 15 is 0 Å². The number of aromatic nitrogens is 5. The van der Waals surface area contributed by atoms with Crippen LogP contribution in [0.15, 0.2) is 43.0 Å². The molecule has 168 valence electrons. The topological polar surface area (TPSA) is 91.8 Å². The standard InChI is InChI=1S/C23H21Cl2N7O/c24-18-8-27-9-19(25)17(18)10-33-15-1-2-20-16(5-15)21(31-30-20)14-6-28-22(29-7-14)32-12-23(13-32)3-4-26-11-23/h1-2,5-9,26H,3-4,10-13H2,(H,30,31). The van der Waals surface area contributed by atoms with Crippen LogP contribution in [0.4, 0.5) is 5.95 Å². The molecule has 4 aromatic rings. The fourth-order valence-electron chi connectivity index (χ4n) is 4.61. The van der Waals surface area contributed by atoms with E-state index < -0.39 is 0 Å². The molecule has 2 aliphatic heterocycles. The number of hydrogen-bond donors (Lipinski definition) is 2. The Morgan fingerprint density at radius 2 is 1.85 bits per heavy atom. The summed E-state index contributed by atoms with van der Waals surface area (Å²) >= 11 is 12.4. The van der Waals surface area contributed by atoms with Crippen LogP contribution in [0.3, 0.4) is 0 Å². The molecule has 0 bridgehead atoms. The molecule has 1 spiro atoms. The molecule has 2 saturated heterocycles. The van der Waals surface area contributed by atoms with Crippen molar-refractivity contribution in [2.75, 3.05) is 31.1 Å². The van der Waals surface area contributed by atoms with Gasteiger partial charge in [-0.25, -0.2) is 9.97 Å². The number of fused-ring (bicyclic) bond motifs is 1. The van der Waals surface area contributed by atoms with Crippen molar-refractivity contribution in [3.05, 3.63) is 58.6 Å². The SMILES string of the molecule is Clc1cncc(Cl)c1COc1ccc2[nH]nc(-c3cnc(N4CC5(CCNC5)C4)nc3)c2c1. The Morgan fingerprint density at radius 1 is 1.06 bits per heavy atom. The van der Waals surface area contributed by atoms with Crippen molar-refractivity contribution < 1.29 is 4.74 Å². The molecule has 5 heterocycles. The highest BCUT2D eigenvalue weighted by Gasteiger charge is 2.45. The highest BCUT2D eigenvalue weighted by atomic mass is 35.5. The van der Waals surface area contributed by atoms with Crippen LogP contribution in [0.5, 0.6) is 5.75 Å². The normalized spacial score (nSPS) is 17.0. The van der Waals surface area contributed by atoms with Gasteiger partial charge in [0.15, 0.2) is 0 Å². The smallest absolute Gasteiger partial charge is 0.225 e. The molecule has 1 aromatic carbocycles. The maximum Gasteiger partial charge on any atom is 0.225 e. The van der Waals surface area contributed by atoms with E-state index in [-0.39, 0.29) is 6.61 Å². The summed E-state index contributed by atoms with van der Waals surface area (Å²) in [6.45, 7) is 4.45. The molecule has 3 aromatic heterocycles. The lowest BCUT2D eigenvalue weighted by Crippen LogP contribution is -2.58. The number of nitrogens with one attached hydrogen (secondary N) is 2. The van der Waals surface area contributed by atoms with Crippen LogP contribution in [0, 0.1) is 5.41 Å². The van der Waals surface area contributed by atoms with Crippen molar-refractivity contribution in [2.24, 2.45) is 5.41 Å². The third kappa shape index (κ3) is 3.78. The van der Waals surface area contributed by atoms with E-state index in [0.717, 1.165) is 54.3 Å². The molecule has 2 N–H and O–H groups in total. The van der Waals surface area contributed by atoms with Crippen molar-refractivity contribution in [3.63, 3.8) is 0 Å². The van der Waals surface area contributed by atoms with Gasteiger partial charge in [-0.2, -0.15) is 5.10 Å². The summed E-state index contributed by atoms with van der Waals surface area (Å²) in [5.74, 6) is 1.45. The van der Waals surface area contributed by atoms with Crippen molar-refractivity contribution >= 4 is 40.1 Å². The van der Waals surface area contributed by atoms with Gasteiger partial charge in [-0.05, 0) is 31.2 Å². The minimum atomic E-state index is 0.240. The van der Waals surface area contributed by atoms with Crippen molar-refractivity contribution in [1.82, 2.24) is 30.5 Å². The van der Waals surface area contributed by atoms with Crippen LogP contribution in [0.2, 0.25) is 10.0 Å². The van der Waals surface area contributed by atoms with Gasteiger partial charge in [-0.15, -0.1) is 0 Å². The lowest BCUT2D eigenvalue weighted by molar-refractivity contribution is 0.240. The molecular formula is C23H21Cl2N7O. The number of H-pyrrole nitrogens is 1. The highest BCUT2D eigenvalue weighted by molar-refractivity contribution is 6.35. The minimum absolute atomic E-state index is 0.240. The second-order valence-corrected chi connectivity index (χ2v) is 9.52. The first kappa shape index (κ1) is 20.7. The molecule has 2 fully saturated rings. The second kappa shape index (κ2) is 8.13. The molecule has 0 unspecified atom stereocenters. The molecule has 6 rings (SSSR count). The number of hydrogen-bond acceptors (Lipinski definition) is 7. The van der Waals surface area contributed by atoms with E-state index in [2.05, 4.69) is 35.4 Å². The first-order valence-corrected chi connectivity index (χ1v) is 11.5. The average Bonchev–Trinajstić information content (AvgIpc) is 3.45. The summed E-state index contributed by atoms with van der Waals surface area (Å²) < 4.78 is 5.96. The molecular weight excluding hydrogens is 461 g/mol. The van der Waals surface area contributed by atoms with Gasteiger partial charge in [0, 0.05) is 66.3 Å².